The first kappa shape index (κ1) is 12.8. The van der Waals surface area contributed by atoms with Crippen LogP contribution in [0.4, 0.5) is 0 Å². The van der Waals surface area contributed by atoms with Gasteiger partial charge in [0.2, 0.25) is 0 Å². The van der Waals surface area contributed by atoms with Gasteiger partial charge in [0.15, 0.2) is 0 Å². The Morgan fingerprint density at radius 1 is 1.20 bits per heavy atom. The van der Waals surface area contributed by atoms with Gasteiger partial charge in [-0.1, -0.05) is 20.8 Å². The lowest BCUT2D eigenvalue weighted by atomic mass is 9.94. The smallest absolute Gasteiger partial charge is 0.352 e. The summed E-state index contributed by atoms with van der Waals surface area (Å²) in [6.07, 6.45) is 2.09. The van der Waals surface area contributed by atoms with Crippen LogP contribution in [0.1, 0.15) is 41.5 Å². The third kappa shape index (κ3) is 2.85. The van der Waals surface area contributed by atoms with Crippen molar-refractivity contribution in [1.82, 2.24) is 4.67 Å². The summed E-state index contributed by atoms with van der Waals surface area (Å²) in [6, 6.07) is 0. The maximum atomic E-state index is 5.84. The summed E-state index contributed by atoms with van der Waals surface area (Å²) < 4.78 is 13.4. The van der Waals surface area contributed by atoms with E-state index in [1.807, 2.05) is 0 Å². The number of allylic oxidation sites excluding steroid dienone is 1. The van der Waals surface area contributed by atoms with Crippen LogP contribution in [0.5, 0.6) is 0 Å². The highest BCUT2D eigenvalue weighted by atomic mass is 31.2. The van der Waals surface area contributed by atoms with Crippen molar-refractivity contribution in [1.29, 1.82) is 0 Å². The maximum absolute atomic E-state index is 5.84. The van der Waals surface area contributed by atoms with E-state index in [1.54, 1.807) is 7.11 Å². The first-order valence-corrected chi connectivity index (χ1v) is 6.33. The van der Waals surface area contributed by atoms with E-state index in [0.29, 0.717) is 0 Å². The molecular weight excluding hydrogens is 209 g/mol. The Morgan fingerprint density at radius 2 is 1.73 bits per heavy atom. The number of hydrogen-bond donors (Lipinski definition) is 0. The molecule has 0 aromatic rings. The lowest BCUT2D eigenvalue weighted by Gasteiger charge is -2.32. The lowest BCUT2D eigenvalue weighted by molar-refractivity contribution is 0.252. The molecule has 0 N–H and O–H groups in total. The Bertz CT molecular complexity index is 263. The van der Waals surface area contributed by atoms with Crippen LogP contribution in [0.3, 0.4) is 0 Å². The summed E-state index contributed by atoms with van der Waals surface area (Å²) in [5, 5.41) is 0. The summed E-state index contributed by atoms with van der Waals surface area (Å²) in [7, 11) is 0.741. The summed E-state index contributed by atoms with van der Waals surface area (Å²) >= 11 is 0. The van der Waals surface area contributed by atoms with Gasteiger partial charge >= 0.3 is 8.53 Å². The van der Waals surface area contributed by atoms with Crippen molar-refractivity contribution < 1.29 is 9.05 Å². The van der Waals surface area contributed by atoms with Crippen LogP contribution in [0.2, 0.25) is 0 Å². The van der Waals surface area contributed by atoms with Crippen molar-refractivity contribution in [3.05, 3.63) is 12.0 Å². The van der Waals surface area contributed by atoms with Gasteiger partial charge in [-0.05, 0) is 20.8 Å². The lowest BCUT2D eigenvalue weighted by Crippen LogP contribution is -2.31. The Labute approximate surface area is 94.4 Å². The van der Waals surface area contributed by atoms with Crippen LogP contribution in [0.15, 0.2) is 12.0 Å². The van der Waals surface area contributed by atoms with Gasteiger partial charge in [-0.3, -0.25) is 4.67 Å². The van der Waals surface area contributed by atoms with E-state index >= 15 is 0 Å². The van der Waals surface area contributed by atoms with E-state index in [2.05, 4.69) is 52.4 Å². The molecule has 0 bridgehead atoms. The zero-order valence-electron chi connectivity index (χ0n) is 10.8. The Balaban J connectivity index is 2.91. The summed E-state index contributed by atoms with van der Waals surface area (Å²) in [4.78, 5) is 0. The van der Waals surface area contributed by atoms with Crippen molar-refractivity contribution in [3.63, 3.8) is 0 Å². The van der Waals surface area contributed by atoms with Crippen LogP contribution in [0.25, 0.3) is 0 Å². The van der Waals surface area contributed by atoms with Gasteiger partial charge in [-0.25, -0.2) is 0 Å². The van der Waals surface area contributed by atoms with Crippen LogP contribution >= 0.6 is 8.53 Å². The van der Waals surface area contributed by atoms with Crippen LogP contribution < -0.4 is 0 Å². The van der Waals surface area contributed by atoms with Gasteiger partial charge in [0.05, 0.1) is 0 Å². The predicted molar refractivity (Wildman–Crippen MR) is 64.1 cm³/mol. The SMILES string of the molecule is COP1OC(C(C)(C)C)=CN1C(C)(C)C. The average molecular weight is 231 g/mol. The fraction of sp³-hybridized carbons (Fsp3) is 0.818. The molecule has 88 valence electrons. The van der Waals surface area contributed by atoms with E-state index in [1.165, 1.54) is 0 Å². The number of nitrogens with zero attached hydrogens (tertiary/aromatic N) is 1. The third-order valence-corrected chi connectivity index (χ3v) is 3.91. The van der Waals surface area contributed by atoms with Crippen LogP contribution in [-0.2, 0) is 9.05 Å². The minimum atomic E-state index is -0.957. The summed E-state index contributed by atoms with van der Waals surface area (Å²) in [5.41, 5.74) is 0.0772. The van der Waals surface area contributed by atoms with Crippen molar-refractivity contribution in [2.45, 2.75) is 47.1 Å². The molecule has 0 aliphatic carbocycles. The Hall–Kier alpha value is -0.270. The zero-order valence-corrected chi connectivity index (χ0v) is 11.7. The fourth-order valence-electron chi connectivity index (χ4n) is 1.20. The normalized spacial score (nSPS) is 22.7. The topological polar surface area (TPSA) is 21.7 Å². The zero-order chi connectivity index (χ0) is 11.9. The first-order valence-electron chi connectivity index (χ1n) is 5.20. The molecule has 0 spiro atoms. The molecule has 0 aromatic carbocycles. The second kappa shape index (κ2) is 3.95. The molecule has 1 aliphatic rings. The third-order valence-electron chi connectivity index (χ3n) is 2.17. The molecule has 0 saturated heterocycles. The standard InChI is InChI=1S/C11H22NO2P/c1-10(2,3)9-8-12(11(4,5)6)15(13-7)14-9/h8H,1-7H3. The van der Waals surface area contributed by atoms with Crippen LogP contribution in [0, 0.1) is 5.41 Å². The maximum Gasteiger partial charge on any atom is 0.352 e. The molecule has 0 saturated carbocycles. The molecule has 0 radical (unpaired) electrons. The molecule has 1 unspecified atom stereocenters. The van der Waals surface area contributed by atoms with E-state index < -0.39 is 8.53 Å². The van der Waals surface area contributed by atoms with Crippen molar-refractivity contribution in [2.24, 2.45) is 5.41 Å². The van der Waals surface area contributed by atoms with Gasteiger partial charge in [-0.15, -0.1) is 0 Å². The highest BCUT2D eigenvalue weighted by Crippen LogP contribution is 2.56. The highest BCUT2D eigenvalue weighted by molar-refractivity contribution is 7.45. The molecule has 1 aliphatic heterocycles. The molecule has 15 heavy (non-hydrogen) atoms. The monoisotopic (exact) mass is 231 g/mol. The van der Waals surface area contributed by atoms with E-state index in [0.717, 1.165) is 5.76 Å². The van der Waals surface area contributed by atoms with Gasteiger partial charge in [0, 0.05) is 24.3 Å². The Morgan fingerprint density at radius 3 is 2.00 bits per heavy atom. The highest BCUT2D eigenvalue weighted by Gasteiger charge is 2.39. The predicted octanol–water partition coefficient (Wildman–Crippen LogP) is 3.88. The van der Waals surface area contributed by atoms with Crippen LogP contribution in [-0.4, -0.2) is 17.3 Å². The molecular formula is C11H22NO2P. The summed E-state index contributed by atoms with van der Waals surface area (Å²) in [5.74, 6) is 1.00. The molecule has 4 heteroatoms. The number of rotatable bonds is 1. The molecule has 3 nitrogen and oxygen atoms in total. The van der Waals surface area contributed by atoms with Crippen molar-refractivity contribution in [2.75, 3.05) is 7.11 Å². The second-order valence-corrected chi connectivity index (χ2v) is 7.22. The van der Waals surface area contributed by atoms with Gasteiger partial charge in [-0.2, -0.15) is 0 Å². The summed E-state index contributed by atoms with van der Waals surface area (Å²) in [6.45, 7) is 12.9. The quantitative estimate of drug-likeness (QED) is 0.639. The van der Waals surface area contributed by atoms with Gasteiger partial charge in [0.1, 0.15) is 5.76 Å². The van der Waals surface area contributed by atoms with Gasteiger partial charge in [0.25, 0.3) is 0 Å². The minimum Gasteiger partial charge on any atom is -0.434 e. The molecule has 1 atom stereocenters. The Kier molecular flexibility index (Phi) is 3.37. The van der Waals surface area contributed by atoms with Crippen molar-refractivity contribution >= 4 is 8.53 Å². The largest absolute Gasteiger partial charge is 0.434 e. The first-order chi connectivity index (χ1) is 6.66. The molecule has 0 aromatic heterocycles. The number of hydrogen-bond acceptors (Lipinski definition) is 3. The average Bonchev–Trinajstić information content (AvgIpc) is 2.44. The molecule has 1 heterocycles. The van der Waals surface area contributed by atoms with Crippen molar-refractivity contribution in [3.8, 4) is 0 Å². The van der Waals surface area contributed by atoms with Gasteiger partial charge < -0.3 is 9.05 Å². The molecule has 0 amide bonds. The van der Waals surface area contributed by atoms with E-state index in [9.17, 15) is 0 Å². The minimum absolute atomic E-state index is 0.0364. The second-order valence-electron chi connectivity index (χ2n) is 5.77. The molecule has 1 rings (SSSR count). The molecule has 0 fully saturated rings. The van der Waals surface area contributed by atoms with E-state index in [-0.39, 0.29) is 11.0 Å². The van der Waals surface area contributed by atoms with E-state index in [4.69, 9.17) is 9.05 Å². The fourth-order valence-corrected chi connectivity index (χ4v) is 2.72.